The molecule has 0 saturated carbocycles. The minimum absolute atomic E-state index is 0.286. The summed E-state index contributed by atoms with van der Waals surface area (Å²) >= 11 is 0. The van der Waals surface area contributed by atoms with Gasteiger partial charge in [0.05, 0.1) is 18.2 Å². The van der Waals surface area contributed by atoms with Crippen LogP contribution in [0.1, 0.15) is 19.9 Å². The molecule has 0 amide bonds. The van der Waals surface area contributed by atoms with Gasteiger partial charge in [-0.1, -0.05) is 0 Å². The zero-order valence-corrected chi connectivity index (χ0v) is 8.88. The van der Waals surface area contributed by atoms with Crippen LogP contribution >= 0.6 is 0 Å². The lowest BCUT2D eigenvalue weighted by Gasteiger charge is -2.11. The predicted octanol–water partition coefficient (Wildman–Crippen LogP) is 2.84. The van der Waals surface area contributed by atoms with Gasteiger partial charge >= 0.3 is 0 Å². The van der Waals surface area contributed by atoms with Gasteiger partial charge in [0.15, 0.2) is 0 Å². The second-order valence-corrected chi connectivity index (χ2v) is 3.83. The zero-order chi connectivity index (χ0) is 10.8. The summed E-state index contributed by atoms with van der Waals surface area (Å²) in [5, 5.41) is 9.21. The van der Waals surface area contributed by atoms with Crippen LogP contribution in [-0.2, 0) is 0 Å². The first-order valence-corrected chi connectivity index (χ1v) is 4.99. The van der Waals surface area contributed by atoms with Crippen LogP contribution in [0.2, 0.25) is 0 Å². The molecule has 0 aliphatic rings. The molecule has 0 radical (unpaired) electrons. The molecule has 1 aromatic carbocycles. The van der Waals surface area contributed by atoms with Crippen LogP contribution in [0.25, 0.3) is 11.3 Å². The first-order valence-electron chi connectivity index (χ1n) is 4.99. The average molecular weight is 202 g/mol. The Morgan fingerprint density at radius 2 is 1.87 bits per heavy atom. The van der Waals surface area contributed by atoms with Crippen molar-refractivity contribution < 1.29 is 5.11 Å². The maximum Gasteiger partial charge on any atom is 0.115 e. The molecule has 0 saturated heterocycles. The second-order valence-electron chi connectivity index (χ2n) is 3.83. The fraction of sp³-hybridized carbons (Fsp3) is 0.250. The molecule has 1 heterocycles. The molecular weight excluding hydrogens is 188 g/mol. The number of aromatic nitrogens is 2. The third-order valence-electron chi connectivity index (χ3n) is 2.39. The molecular formula is C12H14N2O. The number of phenolic OH excluding ortho intramolecular Hbond substituents is 1. The number of rotatable bonds is 2. The lowest BCUT2D eigenvalue weighted by molar-refractivity contribution is 0.475. The van der Waals surface area contributed by atoms with Crippen LogP contribution in [0.15, 0.2) is 36.8 Å². The van der Waals surface area contributed by atoms with Crippen molar-refractivity contribution in [3.63, 3.8) is 0 Å². The van der Waals surface area contributed by atoms with Crippen molar-refractivity contribution >= 4 is 0 Å². The van der Waals surface area contributed by atoms with Gasteiger partial charge in [0.2, 0.25) is 0 Å². The molecule has 2 aromatic rings. The summed E-state index contributed by atoms with van der Waals surface area (Å²) in [7, 11) is 0. The molecule has 0 unspecified atom stereocenters. The highest BCUT2D eigenvalue weighted by atomic mass is 16.3. The minimum Gasteiger partial charge on any atom is -0.508 e. The van der Waals surface area contributed by atoms with E-state index in [2.05, 4.69) is 23.4 Å². The summed E-state index contributed by atoms with van der Waals surface area (Å²) in [6, 6.07) is 7.55. The van der Waals surface area contributed by atoms with Crippen molar-refractivity contribution in [2.24, 2.45) is 0 Å². The van der Waals surface area contributed by atoms with E-state index in [1.807, 2.05) is 24.7 Å². The molecule has 3 heteroatoms. The van der Waals surface area contributed by atoms with Crippen LogP contribution in [0, 0.1) is 0 Å². The van der Waals surface area contributed by atoms with Gasteiger partial charge in [0.25, 0.3) is 0 Å². The zero-order valence-electron chi connectivity index (χ0n) is 8.88. The van der Waals surface area contributed by atoms with Gasteiger partial charge in [-0.25, -0.2) is 4.98 Å². The molecule has 1 N–H and O–H groups in total. The van der Waals surface area contributed by atoms with E-state index in [9.17, 15) is 5.11 Å². The number of benzene rings is 1. The summed E-state index contributed by atoms with van der Waals surface area (Å²) in [6.45, 7) is 4.23. The van der Waals surface area contributed by atoms with Crippen LogP contribution < -0.4 is 0 Å². The van der Waals surface area contributed by atoms with Crippen molar-refractivity contribution in [1.82, 2.24) is 9.55 Å². The number of imidazole rings is 1. The van der Waals surface area contributed by atoms with Gasteiger partial charge in [-0.2, -0.15) is 0 Å². The Labute approximate surface area is 89.0 Å². The van der Waals surface area contributed by atoms with Gasteiger partial charge in [0, 0.05) is 11.6 Å². The number of phenols is 1. The van der Waals surface area contributed by atoms with E-state index in [-0.39, 0.29) is 5.75 Å². The molecule has 0 fully saturated rings. The first-order chi connectivity index (χ1) is 7.18. The first kappa shape index (κ1) is 9.77. The van der Waals surface area contributed by atoms with Crippen LogP contribution in [0.4, 0.5) is 0 Å². The van der Waals surface area contributed by atoms with E-state index in [4.69, 9.17) is 0 Å². The lowest BCUT2D eigenvalue weighted by Crippen LogP contribution is -2.00. The summed E-state index contributed by atoms with van der Waals surface area (Å²) < 4.78 is 2.10. The predicted molar refractivity (Wildman–Crippen MR) is 59.7 cm³/mol. The Morgan fingerprint density at radius 1 is 1.20 bits per heavy atom. The van der Waals surface area contributed by atoms with Gasteiger partial charge < -0.3 is 9.67 Å². The third kappa shape index (κ3) is 1.86. The van der Waals surface area contributed by atoms with Crippen molar-refractivity contribution in [3.05, 3.63) is 36.8 Å². The molecule has 3 nitrogen and oxygen atoms in total. The maximum absolute atomic E-state index is 9.21. The van der Waals surface area contributed by atoms with E-state index in [1.54, 1.807) is 12.1 Å². The highest BCUT2D eigenvalue weighted by Gasteiger charge is 2.06. The molecule has 1 aromatic heterocycles. The highest BCUT2D eigenvalue weighted by Crippen LogP contribution is 2.23. The molecule has 0 atom stereocenters. The van der Waals surface area contributed by atoms with E-state index in [0.29, 0.717) is 6.04 Å². The number of hydrogen-bond acceptors (Lipinski definition) is 2. The van der Waals surface area contributed by atoms with Gasteiger partial charge in [-0.05, 0) is 38.1 Å². The van der Waals surface area contributed by atoms with E-state index in [0.717, 1.165) is 11.3 Å². The fourth-order valence-corrected chi connectivity index (χ4v) is 1.57. The monoisotopic (exact) mass is 202 g/mol. The van der Waals surface area contributed by atoms with Crippen molar-refractivity contribution in [3.8, 4) is 17.0 Å². The van der Waals surface area contributed by atoms with E-state index in [1.165, 1.54) is 0 Å². The highest BCUT2D eigenvalue weighted by molar-refractivity contribution is 5.59. The fourth-order valence-electron chi connectivity index (χ4n) is 1.57. The van der Waals surface area contributed by atoms with Crippen molar-refractivity contribution in [2.45, 2.75) is 19.9 Å². The van der Waals surface area contributed by atoms with Crippen LogP contribution in [0.3, 0.4) is 0 Å². The molecule has 2 rings (SSSR count). The third-order valence-corrected chi connectivity index (χ3v) is 2.39. The second kappa shape index (κ2) is 3.77. The summed E-state index contributed by atoms with van der Waals surface area (Å²) in [6.07, 6.45) is 3.67. The van der Waals surface area contributed by atoms with Gasteiger partial charge in [-0.3, -0.25) is 0 Å². The van der Waals surface area contributed by atoms with Crippen molar-refractivity contribution in [2.75, 3.05) is 0 Å². The molecule has 0 bridgehead atoms. The Balaban J connectivity index is 2.45. The topological polar surface area (TPSA) is 38.0 Å². The largest absolute Gasteiger partial charge is 0.508 e. The number of nitrogens with zero attached hydrogens (tertiary/aromatic N) is 2. The van der Waals surface area contributed by atoms with Gasteiger partial charge in [-0.15, -0.1) is 0 Å². The molecule has 0 spiro atoms. The Morgan fingerprint density at radius 3 is 2.47 bits per heavy atom. The van der Waals surface area contributed by atoms with Crippen LogP contribution in [-0.4, -0.2) is 14.7 Å². The minimum atomic E-state index is 0.286. The normalized spacial score (nSPS) is 10.9. The molecule has 0 aliphatic carbocycles. The number of hydrogen-bond donors (Lipinski definition) is 1. The summed E-state index contributed by atoms with van der Waals surface area (Å²) in [5.41, 5.74) is 2.14. The Bertz CT molecular complexity index is 443. The lowest BCUT2D eigenvalue weighted by atomic mass is 10.1. The Hall–Kier alpha value is -1.77. The van der Waals surface area contributed by atoms with Crippen molar-refractivity contribution in [1.29, 1.82) is 0 Å². The van der Waals surface area contributed by atoms with E-state index < -0.39 is 0 Å². The quantitative estimate of drug-likeness (QED) is 0.813. The van der Waals surface area contributed by atoms with Gasteiger partial charge in [0.1, 0.15) is 5.75 Å². The summed E-state index contributed by atoms with van der Waals surface area (Å²) in [4.78, 5) is 4.14. The standard InChI is InChI=1S/C12H14N2O/c1-9(2)14-8-13-7-12(14)10-3-5-11(15)6-4-10/h3-9,15H,1-2H3. The molecule has 15 heavy (non-hydrogen) atoms. The molecule has 0 aliphatic heterocycles. The SMILES string of the molecule is CC(C)n1cncc1-c1ccc(O)cc1. The number of aromatic hydroxyl groups is 1. The maximum atomic E-state index is 9.21. The van der Waals surface area contributed by atoms with Crippen LogP contribution in [0.5, 0.6) is 5.75 Å². The summed E-state index contributed by atoms with van der Waals surface area (Å²) in [5.74, 6) is 0.286. The molecule has 78 valence electrons. The van der Waals surface area contributed by atoms with E-state index >= 15 is 0 Å². The Kier molecular flexibility index (Phi) is 2.46. The average Bonchev–Trinajstić information content (AvgIpc) is 2.67. The smallest absolute Gasteiger partial charge is 0.115 e.